The van der Waals surface area contributed by atoms with Gasteiger partial charge in [-0.25, -0.2) is 13.2 Å². The van der Waals surface area contributed by atoms with Gasteiger partial charge in [0.15, 0.2) is 29.0 Å². The van der Waals surface area contributed by atoms with Crippen LogP contribution in [0.25, 0.3) is 0 Å². The summed E-state index contributed by atoms with van der Waals surface area (Å²) in [5, 5.41) is 2.65. The van der Waals surface area contributed by atoms with Crippen molar-refractivity contribution in [1.82, 2.24) is 10.2 Å². The second-order valence-electron chi connectivity index (χ2n) is 6.80. The van der Waals surface area contributed by atoms with E-state index in [0.29, 0.717) is 11.5 Å². The largest absolute Gasteiger partial charge is 0.454 e. The molecule has 0 aromatic heterocycles. The highest BCUT2D eigenvalue weighted by molar-refractivity contribution is 5.94. The van der Waals surface area contributed by atoms with Crippen molar-refractivity contribution >= 4 is 18.3 Å². The first-order valence-electron chi connectivity index (χ1n) is 9.10. The summed E-state index contributed by atoms with van der Waals surface area (Å²) in [4.78, 5) is 14.6. The lowest BCUT2D eigenvalue weighted by atomic mass is 10.0. The summed E-state index contributed by atoms with van der Waals surface area (Å²) in [6.45, 7) is 2.10. The van der Waals surface area contributed by atoms with E-state index in [9.17, 15) is 18.0 Å². The van der Waals surface area contributed by atoms with Gasteiger partial charge in [-0.15, -0.1) is 12.4 Å². The Morgan fingerprint density at radius 2 is 1.76 bits per heavy atom. The molecule has 0 bridgehead atoms. The molecular weight excluding hydrogens is 409 g/mol. The second-order valence-corrected chi connectivity index (χ2v) is 6.80. The SMILES string of the molecule is Cl.O=C(NCC(c1ccc2c(c1)OCO2)N1CCCC1)c1ccc(F)c(F)c1F. The summed E-state index contributed by atoms with van der Waals surface area (Å²) in [7, 11) is 0. The van der Waals surface area contributed by atoms with Crippen molar-refractivity contribution in [3.05, 3.63) is 58.9 Å². The van der Waals surface area contributed by atoms with Crippen LogP contribution in [0.2, 0.25) is 0 Å². The van der Waals surface area contributed by atoms with Gasteiger partial charge in [0.1, 0.15) is 0 Å². The smallest absolute Gasteiger partial charge is 0.254 e. The van der Waals surface area contributed by atoms with Crippen LogP contribution in [0.5, 0.6) is 11.5 Å². The Balaban J connectivity index is 0.00000240. The van der Waals surface area contributed by atoms with Gasteiger partial charge in [0.25, 0.3) is 5.91 Å². The number of rotatable bonds is 5. The Labute approximate surface area is 172 Å². The minimum atomic E-state index is -1.65. The summed E-state index contributed by atoms with van der Waals surface area (Å²) in [6, 6.07) is 7.11. The first kappa shape index (κ1) is 21.3. The van der Waals surface area contributed by atoms with Crippen molar-refractivity contribution in [3.63, 3.8) is 0 Å². The van der Waals surface area contributed by atoms with Crippen LogP contribution in [0.4, 0.5) is 13.2 Å². The summed E-state index contributed by atoms with van der Waals surface area (Å²) in [5.41, 5.74) is 0.405. The number of likely N-dealkylation sites (tertiary alicyclic amines) is 1. The van der Waals surface area contributed by atoms with Gasteiger partial charge in [-0.1, -0.05) is 6.07 Å². The van der Waals surface area contributed by atoms with E-state index in [1.807, 2.05) is 18.2 Å². The number of nitrogens with zero attached hydrogens (tertiary/aromatic N) is 1. The van der Waals surface area contributed by atoms with E-state index >= 15 is 0 Å². The summed E-state index contributed by atoms with van der Waals surface area (Å²) < 4.78 is 51.2. The fourth-order valence-corrected chi connectivity index (χ4v) is 3.62. The van der Waals surface area contributed by atoms with Crippen molar-refractivity contribution in [2.24, 2.45) is 0 Å². The quantitative estimate of drug-likeness (QED) is 0.736. The molecule has 4 rings (SSSR count). The molecule has 0 saturated carbocycles. The van der Waals surface area contributed by atoms with E-state index in [1.165, 1.54) is 0 Å². The molecule has 9 heteroatoms. The molecular formula is C20H20ClF3N2O3. The molecule has 1 fully saturated rings. The third kappa shape index (κ3) is 4.28. The first-order chi connectivity index (χ1) is 13.5. The van der Waals surface area contributed by atoms with Gasteiger partial charge in [-0.3, -0.25) is 9.69 Å². The predicted molar refractivity (Wildman–Crippen MR) is 102 cm³/mol. The molecule has 156 valence electrons. The zero-order chi connectivity index (χ0) is 19.7. The summed E-state index contributed by atoms with van der Waals surface area (Å²) in [6.07, 6.45) is 2.10. The van der Waals surface area contributed by atoms with E-state index in [0.717, 1.165) is 43.6 Å². The number of amides is 1. The van der Waals surface area contributed by atoms with Gasteiger partial charge in [0, 0.05) is 6.54 Å². The van der Waals surface area contributed by atoms with Crippen LogP contribution in [0, 0.1) is 17.5 Å². The maximum atomic E-state index is 13.9. The fraction of sp³-hybridized carbons (Fsp3) is 0.350. The molecule has 0 spiro atoms. The molecule has 1 unspecified atom stereocenters. The molecule has 1 saturated heterocycles. The van der Waals surface area contributed by atoms with Crippen molar-refractivity contribution in [2.45, 2.75) is 18.9 Å². The van der Waals surface area contributed by atoms with E-state index in [2.05, 4.69) is 10.2 Å². The van der Waals surface area contributed by atoms with Gasteiger partial charge in [-0.2, -0.15) is 0 Å². The lowest BCUT2D eigenvalue weighted by molar-refractivity contribution is 0.0932. The van der Waals surface area contributed by atoms with Crippen LogP contribution in [-0.4, -0.2) is 37.2 Å². The normalized spacial score (nSPS) is 16.4. The van der Waals surface area contributed by atoms with Crippen LogP contribution in [-0.2, 0) is 0 Å². The molecule has 0 radical (unpaired) electrons. The highest BCUT2D eigenvalue weighted by Crippen LogP contribution is 2.36. The molecule has 2 aliphatic rings. The van der Waals surface area contributed by atoms with E-state index < -0.39 is 28.9 Å². The van der Waals surface area contributed by atoms with E-state index in [4.69, 9.17) is 9.47 Å². The van der Waals surface area contributed by atoms with Gasteiger partial charge in [0.05, 0.1) is 11.6 Å². The monoisotopic (exact) mass is 428 g/mol. The number of benzene rings is 2. The molecule has 2 aromatic carbocycles. The Morgan fingerprint density at radius 3 is 2.52 bits per heavy atom. The number of hydrogen-bond donors (Lipinski definition) is 1. The molecule has 0 aliphatic carbocycles. The molecule has 2 aromatic rings. The first-order valence-corrected chi connectivity index (χ1v) is 9.10. The number of halogens is 4. The minimum absolute atomic E-state index is 0. The van der Waals surface area contributed by atoms with Crippen molar-refractivity contribution in [1.29, 1.82) is 0 Å². The zero-order valence-electron chi connectivity index (χ0n) is 15.4. The Kier molecular flexibility index (Phi) is 6.54. The predicted octanol–water partition coefficient (Wildman–Crippen LogP) is 3.82. The summed E-state index contributed by atoms with van der Waals surface area (Å²) in [5.74, 6) is -3.96. The highest BCUT2D eigenvalue weighted by Gasteiger charge is 2.27. The number of carbonyl (C=O) groups is 1. The van der Waals surface area contributed by atoms with Crippen molar-refractivity contribution < 1.29 is 27.4 Å². The van der Waals surface area contributed by atoms with Gasteiger partial charge in [-0.05, 0) is 55.8 Å². The standard InChI is InChI=1S/C20H19F3N2O3.ClH/c21-14-5-4-13(18(22)19(14)23)20(26)24-10-15(25-7-1-2-8-25)12-3-6-16-17(9-12)28-11-27-16;/h3-6,9,15H,1-2,7-8,10-11H2,(H,24,26);1H. The Bertz CT molecular complexity index is 907. The molecule has 2 aliphatic heterocycles. The molecule has 1 N–H and O–H groups in total. The second kappa shape index (κ2) is 8.92. The number of carbonyl (C=O) groups excluding carboxylic acids is 1. The molecule has 5 nitrogen and oxygen atoms in total. The molecule has 1 amide bonds. The van der Waals surface area contributed by atoms with Crippen LogP contribution >= 0.6 is 12.4 Å². The van der Waals surface area contributed by atoms with Gasteiger partial charge in [0.2, 0.25) is 6.79 Å². The number of hydrogen-bond acceptors (Lipinski definition) is 4. The zero-order valence-corrected chi connectivity index (χ0v) is 16.2. The van der Waals surface area contributed by atoms with E-state index in [-0.39, 0.29) is 31.8 Å². The lowest BCUT2D eigenvalue weighted by Gasteiger charge is -2.28. The molecule has 1 atom stereocenters. The number of nitrogens with one attached hydrogen (secondary N) is 1. The average Bonchev–Trinajstić information content (AvgIpc) is 3.38. The lowest BCUT2D eigenvalue weighted by Crippen LogP contribution is -2.37. The van der Waals surface area contributed by atoms with Gasteiger partial charge < -0.3 is 14.8 Å². The van der Waals surface area contributed by atoms with Crippen LogP contribution in [0.3, 0.4) is 0 Å². The molecule has 2 heterocycles. The van der Waals surface area contributed by atoms with Crippen LogP contribution < -0.4 is 14.8 Å². The van der Waals surface area contributed by atoms with Crippen LogP contribution in [0.15, 0.2) is 30.3 Å². The Morgan fingerprint density at radius 1 is 1.03 bits per heavy atom. The van der Waals surface area contributed by atoms with Gasteiger partial charge >= 0.3 is 0 Å². The Hall–Kier alpha value is -2.45. The topological polar surface area (TPSA) is 50.8 Å². The van der Waals surface area contributed by atoms with Crippen LogP contribution in [0.1, 0.15) is 34.8 Å². The minimum Gasteiger partial charge on any atom is -0.454 e. The van der Waals surface area contributed by atoms with E-state index in [1.54, 1.807) is 0 Å². The number of fused-ring (bicyclic) bond motifs is 1. The summed E-state index contributed by atoms with van der Waals surface area (Å²) >= 11 is 0. The third-order valence-corrected chi connectivity index (χ3v) is 5.10. The maximum Gasteiger partial charge on any atom is 0.254 e. The highest BCUT2D eigenvalue weighted by atomic mass is 35.5. The van der Waals surface area contributed by atoms with Crippen molar-refractivity contribution in [3.8, 4) is 11.5 Å². The third-order valence-electron chi connectivity index (χ3n) is 5.10. The maximum absolute atomic E-state index is 13.9. The average molecular weight is 429 g/mol. The number of ether oxygens (including phenoxy) is 2. The molecule has 29 heavy (non-hydrogen) atoms. The fourth-order valence-electron chi connectivity index (χ4n) is 3.62. The van der Waals surface area contributed by atoms with Crippen molar-refractivity contribution in [2.75, 3.05) is 26.4 Å².